The highest BCUT2D eigenvalue weighted by atomic mass is 127. The van der Waals surface area contributed by atoms with E-state index in [-0.39, 0.29) is 11.9 Å². The summed E-state index contributed by atoms with van der Waals surface area (Å²) in [6.45, 7) is 0. The van der Waals surface area contributed by atoms with Crippen LogP contribution in [0, 0.1) is 3.57 Å². The lowest BCUT2D eigenvalue weighted by molar-refractivity contribution is 0.102. The minimum Gasteiger partial charge on any atom is -0.341 e. The van der Waals surface area contributed by atoms with E-state index >= 15 is 0 Å². The summed E-state index contributed by atoms with van der Waals surface area (Å²) in [5.41, 5.74) is 1.95. The van der Waals surface area contributed by atoms with E-state index in [4.69, 9.17) is 0 Å². The monoisotopic (exact) mass is 395 g/mol. The first-order valence-electron chi connectivity index (χ1n) is 6.25. The predicted molar refractivity (Wildman–Crippen MR) is 91.6 cm³/mol. The maximum absolute atomic E-state index is 12.1. The molecule has 0 saturated carbocycles. The predicted octanol–water partition coefficient (Wildman–Crippen LogP) is 3.29. The molecule has 5 nitrogen and oxygen atoms in total. The van der Waals surface area contributed by atoms with E-state index in [1.54, 1.807) is 37.4 Å². The zero-order valence-corrected chi connectivity index (χ0v) is 13.5. The second-order valence-electron chi connectivity index (χ2n) is 4.22. The molecule has 0 heterocycles. The van der Waals surface area contributed by atoms with E-state index < -0.39 is 0 Å². The quantitative estimate of drug-likeness (QED) is 0.699. The van der Waals surface area contributed by atoms with Crippen LogP contribution in [-0.2, 0) is 0 Å². The van der Waals surface area contributed by atoms with E-state index in [9.17, 15) is 9.59 Å². The fourth-order valence-electron chi connectivity index (χ4n) is 1.67. The number of halogens is 1. The van der Waals surface area contributed by atoms with Crippen molar-refractivity contribution in [3.05, 3.63) is 57.7 Å². The molecule has 2 aromatic rings. The second-order valence-corrected chi connectivity index (χ2v) is 5.38. The molecule has 0 aliphatic carbocycles. The van der Waals surface area contributed by atoms with Crippen LogP contribution >= 0.6 is 22.6 Å². The maximum Gasteiger partial charge on any atom is 0.318 e. The summed E-state index contributed by atoms with van der Waals surface area (Å²) >= 11 is 2.13. The van der Waals surface area contributed by atoms with Gasteiger partial charge in [0.15, 0.2) is 0 Å². The summed E-state index contributed by atoms with van der Waals surface area (Å²) in [5, 5.41) is 7.94. The van der Waals surface area contributed by atoms with E-state index in [2.05, 4.69) is 38.5 Å². The van der Waals surface area contributed by atoms with Gasteiger partial charge in [0.1, 0.15) is 0 Å². The first kappa shape index (κ1) is 15.3. The van der Waals surface area contributed by atoms with Crippen molar-refractivity contribution in [1.82, 2.24) is 5.32 Å². The number of urea groups is 1. The number of rotatable bonds is 3. The highest BCUT2D eigenvalue weighted by molar-refractivity contribution is 14.1. The van der Waals surface area contributed by atoms with Crippen LogP contribution in [0.15, 0.2) is 48.5 Å². The summed E-state index contributed by atoms with van der Waals surface area (Å²) < 4.78 is 0.894. The molecule has 0 bridgehead atoms. The molecule has 2 rings (SSSR count). The molecule has 0 radical (unpaired) electrons. The van der Waals surface area contributed by atoms with Gasteiger partial charge in [-0.3, -0.25) is 4.79 Å². The number of nitrogens with one attached hydrogen (secondary N) is 3. The maximum atomic E-state index is 12.1. The molecule has 0 fully saturated rings. The van der Waals surface area contributed by atoms with Crippen LogP contribution in [0.5, 0.6) is 0 Å². The number of benzene rings is 2. The van der Waals surface area contributed by atoms with Gasteiger partial charge in [0.25, 0.3) is 5.91 Å². The molecule has 0 aliphatic rings. The second kappa shape index (κ2) is 7.07. The standard InChI is InChI=1S/C15H14IN3O2/c1-17-15(21)19-11-8-6-10(7-9-11)18-14(20)12-4-2-3-5-13(12)16/h2-9H,1H3,(H,18,20)(H2,17,19,21). The van der Waals surface area contributed by atoms with Crippen molar-refractivity contribution in [2.75, 3.05) is 17.7 Å². The molecular formula is C15H14IN3O2. The van der Waals surface area contributed by atoms with Gasteiger partial charge in [-0.05, 0) is 59.0 Å². The first-order valence-corrected chi connectivity index (χ1v) is 7.32. The van der Waals surface area contributed by atoms with Crippen LogP contribution in [0.3, 0.4) is 0 Å². The Balaban J connectivity index is 2.05. The Morgan fingerprint density at radius 2 is 1.48 bits per heavy atom. The lowest BCUT2D eigenvalue weighted by Gasteiger charge is -2.08. The third-order valence-corrected chi connectivity index (χ3v) is 3.69. The van der Waals surface area contributed by atoms with Crippen molar-refractivity contribution >= 4 is 45.9 Å². The molecule has 3 amide bonds. The zero-order valence-electron chi connectivity index (χ0n) is 11.3. The Bertz CT molecular complexity index is 656. The Morgan fingerprint density at radius 1 is 0.905 bits per heavy atom. The molecule has 0 atom stereocenters. The smallest absolute Gasteiger partial charge is 0.318 e. The third kappa shape index (κ3) is 4.19. The molecule has 108 valence electrons. The summed E-state index contributed by atoms with van der Waals surface area (Å²) in [4.78, 5) is 23.3. The average Bonchev–Trinajstić information content (AvgIpc) is 2.49. The summed E-state index contributed by atoms with van der Waals surface area (Å²) in [6, 6.07) is 14.0. The van der Waals surface area contributed by atoms with Gasteiger partial charge in [-0.2, -0.15) is 0 Å². The fraction of sp³-hybridized carbons (Fsp3) is 0.0667. The van der Waals surface area contributed by atoms with Gasteiger partial charge in [0.05, 0.1) is 5.56 Å². The summed E-state index contributed by atoms with van der Waals surface area (Å²) in [7, 11) is 1.55. The third-order valence-electron chi connectivity index (χ3n) is 2.75. The topological polar surface area (TPSA) is 70.2 Å². The molecule has 0 spiro atoms. The zero-order chi connectivity index (χ0) is 15.2. The lowest BCUT2D eigenvalue weighted by atomic mass is 10.2. The highest BCUT2D eigenvalue weighted by Crippen LogP contribution is 2.17. The van der Waals surface area contributed by atoms with E-state index in [0.717, 1.165) is 3.57 Å². The number of hydrogen-bond acceptors (Lipinski definition) is 2. The van der Waals surface area contributed by atoms with Crippen LogP contribution in [0.25, 0.3) is 0 Å². The van der Waals surface area contributed by atoms with Crippen LogP contribution in [0.2, 0.25) is 0 Å². The van der Waals surface area contributed by atoms with Gasteiger partial charge in [0.2, 0.25) is 0 Å². The molecule has 0 unspecified atom stereocenters. The Morgan fingerprint density at radius 3 is 2.05 bits per heavy atom. The van der Waals surface area contributed by atoms with E-state index in [0.29, 0.717) is 16.9 Å². The highest BCUT2D eigenvalue weighted by Gasteiger charge is 2.09. The fourth-order valence-corrected chi connectivity index (χ4v) is 2.31. The molecule has 0 aromatic heterocycles. The van der Waals surface area contributed by atoms with Crippen molar-refractivity contribution in [2.45, 2.75) is 0 Å². The molecular weight excluding hydrogens is 381 g/mol. The van der Waals surface area contributed by atoms with E-state index in [1.807, 2.05) is 18.2 Å². The first-order chi connectivity index (χ1) is 10.1. The Labute approximate surface area is 136 Å². The SMILES string of the molecule is CNC(=O)Nc1ccc(NC(=O)c2ccccc2I)cc1. The normalized spacial score (nSPS) is 9.81. The Kier molecular flexibility index (Phi) is 5.15. The van der Waals surface area contributed by atoms with Crippen molar-refractivity contribution < 1.29 is 9.59 Å². The molecule has 21 heavy (non-hydrogen) atoms. The molecule has 0 aliphatic heterocycles. The van der Waals surface area contributed by atoms with Gasteiger partial charge >= 0.3 is 6.03 Å². The van der Waals surface area contributed by atoms with Gasteiger partial charge in [0, 0.05) is 22.0 Å². The van der Waals surface area contributed by atoms with Crippen molar-refractivity contribution in [3.63, 3.8) is 0 Å². The van der Waals surface area contributed by atoms with Gasteiger partial charge in [-0.15, -0.1) is 0 Å². The van der Waals surface area contributed by atoms with Crippen LogP contribution in [-0.4, -0.2) is 19.0 Å². The van der Waals surface area contributed by atoms with Gasteiger partial charge < -0.3 is 16.0 Å². The minimum absolute atomic E-state index is 0.160. The minimum atomic E-state index is -0.286. The lowest BCUT2D eigenvalue weighted by Crippen LogP contribution is -2.24. The number of amides is 3. The van der Waals surface area contributed by atoms with Crippen molar-refractivity contribution in [3.8, 4) is 0 Å². The number of hydrogen-bond donors (Lipinski definition) is 3. The number of anilines is 2. The van der Waals surface area contributed by atoms with Crippen molar-refractivity contribution in [2.24, 2.45) is 0 Å². The molecule has 2 aromatic carbocycles. The van der Waals surface area contributed by atoms with E-state index in [1.165, 1.54) is 0 Å². The largest absolute Gasteiger partial charge is 0.341 e. The number of carbonyl (C=O) groups is 2. The average molecular weight is 395 g/mol. The molecule has 0 saturated heterocycles. The van der Waals surface area contributed by atoms with Crippen LogP contribution in [0.1, 0.15) is 10.4 Å². The molecule has 6 heteroatoms. The van der Waals surface area contributed by atoms with Crippen LogP contribution < -0.4 is 16.0 Å². The summed E-state index contributed by atoms with van der Waals surface area (Å²) in [6.07, 6.45) is 0. The van der Waals surface area contributed by atoms with Crippen LogP contribution in [0.4, 0.5) is 16.2 Å². The molecule has 3 N–H and O–H groups in total. The van der Waals surface area contributed by atoms with Gasteiger partial charge in [-0.1, -0.05) is 12.1 Å². The van der Waals surface area contributed by atoms with Crippen molar-refractivity contribution in [1.29, 1.82) is 0 Å². The summed E-state index contributed by atoms with van der Waals surface area (Å²) in [5.74, 6) is -0.160. The number of carbonyl (C=O) groups excluding carboxylic acids is 2. The van der Waals surface area contributed by atoms with Gasteiger partial charge in [-0.25, -0.2) is 4.79 Å². The Hall–Kier alpha value is -2.09.